The van der Waals surface area contributed by atoms with Crippen molar-refractivity contribution in [2.75, 3.05) is 0 Å². The Bertz CT molecular complexity index is 473. The van der Waals surface area contributed by atoms with Crippen molar-refractivity contribution in [3.05, 3.63) is 40.6 Å². The summed E-state index contributed by atoms with van der Waals surface area (Å²) in [5, 5.41) is 0. The van der Waals surface area contributed by atoms with Crippen LogP contribution >= 0.6 is 0 Å². The molecule has 1 aromatic rings. The Morgan fingerprint density at radius 2 is 1.68 bits per heavy atom. The Kier molecular flexibility index (Phi) is 4.67. The molecule has 0 heterocycles. The molecule has 2 heteroatoms. The SMILES string of the molecule is Cc1ccc(C)c(/C=C(/N[Si](C)(C)C)C(C)(C)C)c1. The Morgan fingerprint density at radius 1 is 1.11 bits per heavy atom. The van der Waals surface area contributed by atoms with Crippen LogP contribution in [0, 0.1) is 19.3 Å². The molecule has 0 aliphatic heterocycles. The first-order chi connectivity index (χ1) is 8.49. The van der Waals surface area contributed by atoms with E-state index in [1.807, 2.05) is 0 Å². The van der Waals surface area contributed by atoms with Gasteiger partial charge in [-0.2, -0.15) is 0 Å². The summed E-state index contributed by atoms with van der Waals surface area (Å²) in [6.45, 7) is 18.2. The van der Waals surface area contributed by atoms with E-state index in [9.17, 15) is 0 Å². The zero-order chi connectivity index (χ0) is 14.8. The van der Waals surface area contributed by atoms with Crippen LogP contribution < -0.4 is 4.98 Å². The summed E-state index contributed by atoms with van der Waals surface area (Å²) in [5.74, 6) is 0. The fraction of sp³-hybridized carbons (Fsp3) is 0.529. The summed E-state index contributed by atoms with van der Waals surface area (Å²) in [4.78, 5) is 3.79. The highest BCUT2D eigenvalue weighted by Gasteiger charge is 2.23. The third-order valence-electron chi connectivity index (χ3n) is 3.05. The van der Waals surface area contributed by atoms with Gasteiger partial charge in [0.05, 0.1) is 0 Å². The summed E-state index contributed by atoms with van der Waals surface area (Å²) >= 11 is 0. The summed E-state index contributed by atoms with van der Waals surface area (Å²) in [7, 11) is -1.33. The van der Waals surface area contributed by atoms with Crippen molar-refractivity contribution < 1.29 is 0 Å². The van der Waals surface area contributed by atoms with E-state index in [1.165, 1.54) is 22.4 Å². The van der Waals surface area contributed by atoms with Gasteiger partial charge in [-0.3, -0.25) is 0 Å². The molecule has 0 aliphatic rings. The van der Waals surface area contributed by atoms with Gasteiger partial charge in [0.15, 0.2) is 0 Å². The molecule has 0 radical (unpaired) electrons. The average Bonchev–Trinajstić information content (AvgIpc) is 2.19. The van der Waals surface area contributed by atoms with Crippen molar-refractivity contribution in [1.29, 1.82) is 0 Å². The largest absolute Gasteiger partial charge is 0.414 e. The number of benzene rings is 1. The minimum atomic E-state index is -1.33. The zero-order valence-corrected chi connectivity index (χ0v) is 14.8. The van der Waals surface area contributed by atoms with Crippen LogP contribution in [0.1, 0.15) is 37.5 Å². The van der Waals surface area contributed by atoms with Gasteiger partial charge in [-0.05, 0) is 31.1 Å². The van der Waals surface area contributed by atoms with Crippen molar-refractivity contribution in [1.82, 2.24) is 4.98 Å². The molecule has 0 aromatic heterocycles. The highest BCUT2D eigenvalue weighted by molar-refractivity contribution is 6.74. The first kappa shape index (κ1) is 16.0. The first-order valence-corrected chi connectivity index (χ1v) is 10.6. The van der Waals surface area contributed by atoms with Gasteiger partial charge in [-0.15, -0.1) is 0 Å². The van der Waals surface area contributed by atoms with E-state index < -0.39 is 8.24 Å². The Balaban J connectivity index is 3.24. The van der Waals surface area contributed by atoms with Gasteiger partial charge >= 0.3 is 0 Å². The van der Waals surface area contributed by atoms with Crippen LogP contribution in [-0.4, -0.2) is 8.24 Å². The molecule has 19 heavy (non-hydrogen) atoms. The third kappa shape index (κ3) is 5.23. The second kappa shape index (κ2) is 5.54. The Hall–Kier alpha value is -1.02. The van der Waals surface area contributed by atoms with Gasteiger partial charge in [-0.25, -0.2) is 0 Å². The van der Waals surface area contributed by atoms with Gasteiger partial charge < -0.3 is 4.98 Å². The van der Waals surface area contributed by atoms with E-state index in [1.54, 1.807) is 0 Å². The number of hydrogen-bond donors (Lipinski definition) is 1. The Morgan fingerprint density at radius 3 is 2.16 bits per heavy atom. The quantitative estimate of drug-likeness (QED) is 0.755. The molecular weight excluding hydrogens is 246 g/mol. The van der Waals surface area contributed by atoms with Crippen LogP contribution in [-0.2, 0) is 0 Å². The van der Waals surface area contributed by atoms with E-state index in [4.69, 9.17) is 0 Å². The predicted molar refractivity (Wildman–Crippen MR) is 89.8 cm³/mol. The molecule has 0 bridgehead atoms. The lowest BCUT2D eigenvalue weighted by Gasteiger charge is -2.31. The van der Waals surface area contributed by atoms with E-state index in [-0.39, 0.29) is 5.41 Å². The average molecular weight is 276 g/mol. The number of aryl methyl sites for hydroxylation is 2. The minimum absolute atomic E-state index is 0.149. The lowest BCUT2D eigenvalue weighted by molar-refractivity contribution is 0.488. The van der Waals surface area contributed by atoms with Gasteiger partial charge in [0.2, 0.25) is 0 Å². The van der Waals surface area contributed by atoms with Crippen LogP contribution in [0.25, 0.3) is 6.08 Å². The summed E-state index contributed by atoms with van der Waals surface area (Å²) < 4.78 is 0. The second-order valence-electron chi connectivity index (χ2n) is 7.54. The normalized spacial score (nSPS) is 13.6. The van der Waals surface area contributed by atoms with Crippen molar-refractivity contribution in [2.24, 2.45) is 5.41 Å². The van der Waals surface area contributed by atoms with Gasteiger partial charge in [0, 0.05) is 11.1 Å². The molecule has 1 nitrogen and oxygen atoms in total. The van der Waals surface area contributed by atoms with Gasteiger partial charge in [0.1, 0.15) is 8.24 Å². The van der Waals surface area contributed by atoms with Crippen LogP contribution in [0.15, 0.2) is 23.9 Å². The van der Waals surface area contributed by atoms with Gasteiger partial charge in [0.25, 0.3) is 0 Å². The van der Waals surface area contributed by atoms with Crippen molar-refractivity contribution in [2.45, 2.75) is 54.3 Å². The van der Waals surface area contributed by atoms with Crippen LogP contribution in [0.2, 0.25) is 19.6 Å². The van der Waals surface area contributed by atoms with Crippen LogP contribution in [0.3, 0.4) is 0 Å². The molecule has 0 atom stereocenters. The number of allylic oxidation sites excluding steroid dienone is 1. The summed E-state index contributed by atoms with van der Waals surface area (Å²) in [6.07, 6.45) is 2.33. The maximum absolute atomic E-state index is 3.79. The third-order valence-corrected chi connectivity index (χ3v) is 4.07. The number of rotatable bonds is 3. The second-order valence-corrected chi connectivity index (χ2v) is 12.3. The van der Waals surface area contributed by atoms with Crippen LogP contribution in [0.4, 0.5) is 0 Å². The molecule has 0 spiro atoms. The lowest BCUT2D eigenvalue weighted by Crippen LogP contribution is -2.43. The fourth-order valence-corrected chi connectivity index (χ4v) is 3.17. The number of hydrogen-bond acceptors (Lipinski definition) is 1. The zero-order valence-electron chi connectivity index (χ0n) is 13.8. The van der Waals surface area contributed by atoms with E-state index in [0.717, 1.165) is 0 Å². The maximum atomic E-state index is 3.79. The molecule has 0 unspecified atom stereocenters. The fourth-order valence-electron chi connectivity index (χ4n) is 1.92. The molecule has 1 rings (SSSR count). The lowest BCUT2D eigenvalue weighted by atomic mass is 9.90. The molecule has 0 saturated carbocycles. The molecule has 106 valence electrons. The predicted octanol–water partition coefficient (Wildman–Crippen LogP) is 5.11. The summed E-state index contributed by atoms with van der Waals surface area (Å²) in [5.41, 5.74) is 5.48. The van der Waals surface area contributed by atoms with Gasteiger partial charge in [-0.1, -0.05) is 64.2 Å². The standard InChI is InChI=1S/C17H29NSi/c1-13-9-10-14(2)15(11-13)12-16(17(3,4)5)18-19(6,7)8/h9-12,18H,1-8H3/b16-12+. The minimum Gasteiger partial charge on any atom is -0.414 e. The molecule has 0 aliphatic carbocycles. The summed E-state index contributed by atoms with van der Waals surface area (Å²) in [6, 6.07) is 6.65. The first-order valence-electron chi connectivity index (χ1n) is 7.07. The molecule has 0 fully saturated rings. The number of nitrogens with one attached hydrogen (secondary N) is 1. The van der Waals surface area contributed by atoms with Crippen molar-refractivity contribution in [3.8, 4) is 0 Å². The highest BCUT2D eigenvalue weighted by atomic mass is 28.3. The van der Waals surface area contributed by atoms with E-state index in [2.05, 4.69) is 83.5 Å². The molecule has 0 saturated heterocycles. The monoisotopic (exact) mass is 275 g/mol. The maximum Gasteiger partial charge on any atom is 0.144 e. The smallest absolute Gasteiger partial charge is 0.144 e. The molecular formula is C17H29NSi. The van der Waals surface area contributed by atoms with Crippen molar-refractivity contribution >= 4 is 14.3 Å². The molecule has 1 aromatic carbocycles. The van der Waals surface area contributed by atoms with Crippen LogP contribution in [0.5, 0.6) is 0 Å². The van der Waals surface area contributed by atoms with E-state index in [0.29, 0.717) is 0 Å². The Labute approximate surface area is 120 Å². The molecule has 1 N–H and O–H groups in total. The highest BCUT2D eigenvalue weighted by Crippen LogP contribution is 2.27. The molecule has 0 amide bonds. The van der Waals surface area contributed by atoms with E-state index >= 15 is 0 Å². The topological polar surface area (TPSA) is 12.0 Å². The van der Waals surface area contributed by atoms with Crippen molar-refractivity contribution in [3.63, 3.8) is 0 Å².